The molecule has 1 aromatic carbocycles. The van der Waals surface area contributed by atoms with Crippen LogP contribution in [0.4, 0.5) is 0 Å². The van der Waals surface area contributed by atoms with Crippen molar-refractivity contribution >= 4 is 5.97 Å². The van der Waals surface area contributed by atoms with Gasteiger partial charge in [0.05, 0.1) is 12.5 Å². The van der Waals surface area contributed by atoms with Crippen molar-refractivity contribution in [2.75, 3.05) is 20.2 Å². The van der Waals surface area contributed by atoms with Gasteiger partial charge in [-0.3, -0.25) is 4.79 Å². The normalized spacial score (nSPS) is 16.3. The number of hydrogen-bond donors (Lipinski definition) is 2. The van der Waals surface area contributed by atoms with Crippen LogP contribution in [0.25, 0.3) is 0 Å². The van der Waals surface area contributed by atoms with Gasteiger partial charge >= 0.3 is 5.97 Å². The van der Waals surface area contributed by atoms with Crippen LogP contribution in [0.3, 0.4) is 0 Å². The summed E-state index contributed by atoms with van der Waals surface area (Å²) in [6.45, 7) is 1.37. The van der Waals surface area contributed by atoms with Crippen LogP contribution in [-0.2, 0) is 11.2 Å². The third kappa shape index (κ3) is 3.01. The molecule has 18 heavy (non-hydrogen) atoms. The highest BCUT2D eigenvalue weighted by atomic mass is 16.5. The van der Waals surface area contributed by atoms with Crippen LogP contribution in [0.1, 0.15) is 18.4 Å². The molecule has 98 valence electrons. The predicted octanol–water partition coefficient (Wildman–Crippen LogP) is 1.69. The molecule has 0 heterocycles. The zero-order chi connectivity index (χ0) is 13.0. The molecule has 0 aliphatic heterocycles. The summed E-state index contributed by atoms with van der Waals surface area (Å²) >= 11 is 0. The summed E-state index contributed by atoms with van der Waals surface area (Å²) < 4.78 is 5.16. The summed E-state index contributed by atoms with van der Waals surface area (Å²) in [5.41, 5.74) is 0.719. The summed E-state index contributed by atoms with van der Waals surface area (Å²) in [4.78, 5) is 11.0. The predicted molar refractivity (Wildman–Crippen MR) is 68.9 cm³/mol. The van der Waals surface area contributed by atoms with Gasteiger partial charge in [-0.05, 0) is 43.5 Å². The van der Waals surface area contributed by atoms with E-state index in [1.54, 1.807) is 7.11 Å². The van der Waals surface area contributed by atoms with Crippen molar-refractivity contribution in [1.29, 1.82) is 0 Å². The van der Waals surface area contributed by atoms with Crippen molar-refractivity contribution in [3.05, 3.63) is 29.8 Å². The van der Waals surface area contributed by atoms with Crippen molar-refractivity contribution in [3.8, 4) is 5.75 Å². The first-order valence-electron chi connectivity index (χ1n) is 6.23. The topological polar surface area (TPSA) is 58.6 Å². The van der Waals surface area contributed by atoms with Gasteiger partial charge in [-0.15, -0.1) is 0 Å². The van der Waals surface area contributed by atoms with Crippen LogP contribution < -0.4 is 10.1 Å². The van der Waals surface area contributed by atoms with Crippen LogP contribution in [0.5, 0.6) is 5.75 Å². The Hall–Kier alpha value is -1.55. The van der Waals surface area contributed by atoms with Gasteiger partial charge in [0.15, 0.2) is 0 Å². The fourth-order valence-corrected chi connectivity index (χ4v) is 2.01. The van der Waals surface area contributed by atoms with Gasteiger partial charge in [0.1, 0.15) is 5.75 Å². The Bertz CT molecular complexity index is 427. The lowest BCUT2D eigenvalue weighted by atomic mass is 10.1. The summed E-state index contributed by atoms with van der Waals surface area (Å²) in [6, 6.07) is 7.94. The van der Waals surface area contributed by atoms with E-state index in [1.165, 1.54) is 5.56 Å². The molecule has 4 heteroatoms. The fourth-order valence-electron chi connectivity index (χ4n) is 2.01. The maximum absolute atomic E-state index is 11.0. The van der Waals surface area contributed by atoms with Crippen molar-refractivity contribution in [2.24, 2.45) is 5.41 Å². The SMILES string of the molecule is COc1cccc(CCNCC2(C(=O)O)CC2)c1. The van der Waals surface area contributed by atoms with Crippen molar-refractivity contribution in [3.63, 3.8) is 0 Å². The van der Waals surface area contributed by atoms with E-state index in [4.69, 9.17) is 9.84 Å². The lowest BCUT2D eigenvalue weighted by Crippen LogP contribution is -2.31. The molecule has 1 fully saturated rings. The second-order valence-electron chi connectivity index (χ2n) is 4.86. The van der Waals surface area contributed by atoms with Crippen LogP contribution in [-0.4, -0.2) is 31.3 Å². The van der Waals surface area contributed by atoms with Crippen LogP contribution in [0, 0.1) is 5.41 Å². The number of benzene rings is 1. The van der Waals surface area contributed by atoms with Gasteiger partial charge < -0.3 is 15.2 Å². The molecule has 1 saturated carbocycles. The number of aliphatic carboxylic acids is 1. The molecule has 1 aromatic rings. The van der Waals surface area contributed by atoms with Gasteiger partial charge in [0, 0.05) is 6.54 Å². The largest absolute Gasteiger partial charge is 0.497 e. The third-order valence-corrected chi connectivity index (χ3v) is 3.50. The minimum absolute atomic E-state index is 0.478. The van der Waals surface area contributed by atoms with E-state index in [1.807, 2.05) is 24.3 Å². The first-order valence-corrected chi connectivity index (χ1v) is 6.23. The average molecular weight is 249 g/mol. The van der Waals surface area contributed by atoms with Crippen LogP contribution in [0.2, 0.25) is 0 Å². The summed E-state index contributed by atoms with van der Waals surface area (Å²) in [7, 11) is 1.65. The number of carbonyl (C=O) groups is 1. The molecule has 0 saturated heterocycles. The average Bonchev–Trinajstić information content (AvgIpc) is 3.16. The van der Waals surface area contributed by atoms with Gasteiger partial charge in [0.2, 0.25) is 0 Å². The smallest absolute Gasteiger partial charge is 0.310 e. The number of carboxylic acids is 1. The molecule has 0 unspecified atom stereocenters. The molecule has 4 nitrogen and oxygen atoms in total. The highest BCUT2D eigenvalue weighted by Gasteiger charge is 2.49. The van der Waals surface area contributed by atoms with Gasteiger partial charge in [-0.25, -0.2) is 0 Å². The van der Waals surface area contributed by atoms with Crippen LogP contribution >= 0.6 is 0 Å². The number of nitrogens with one attached hydrogen (secondary N) is 1. The fraction of sp³-hybridized carbons (Fsp3) is 0.500. The molecule has 0 bridgehead atoms. The van der Waals surface area contributed by atoms with E-state index >= 15 is 0 Å². The number of hydrogen-bond acceptors (Lipinski definition) is 3. The van der Waals surface area contributed by atoms with E-state index in [-0.39, 0.29) is 0 Å². The Labute approximate surface area is 107 Å². The summed E-state index contributed by atoms with van der Waals surface area (Å²) in [6.07, 6.45) is 2.48. The van der Waals surface area contributed by atoms with E-state index in [0.717, 1.165) is 31.6 Å². The maximum atomic E-state index is 11.0. The first-order chi connectivity index (χ1) is 8.66. The number of ether oxygens (including phenoxy) is 1. The van der Waals surface area contributed by atoms with Crippen molar-refractivity contribution in [1.82, 2.24) is 5.32 Å². The molecule has 0 amide bonds. The first kappa shape index (κ1) is 12.9. The molecular weight excluding hydrogens is 230 g/mol. The Balaban J connectivity index is 1.74. The highest BCUT2D eigenvalue weighted by Crippen LogP contribution is 2.45. The van der Waals surface area contributed by atoms with Crippen molar-refractivity contribution < 1.29 is 14.6 Å². The Kier molecular flexibility index (Phi) is 3.87. The molecule has 0 radical (unpaired) electrons. The third-order valence-electron chi connectivity index (χ3n) is 3.50. The second-order valence-corrected chi connectivity index (χ2v) is 4.86. The quantitative estimate of drug-likeness (QED) is 0.722. The van der Waals surface area contributed by atoms with E-state index in [2.05, 4.69) is 5.32 Å². The number of carboxylic acid groups (broad SMARTS) is 1. The Morgan fingerprint density at radius 2 is 2.28 bits per heavy atom. The minimum atomic E-state index is -0.670. The second kappa shape index (κ2) is 5.40. The molecule has 2 N–H and O–H groups in total. The van der Waals surface area contributed by atoms with Crippen molar-refractivity contribution in [2.45, 2.75) is 19.3 Å². The van der Waals surface area contributed by atoms with Gasteiger partial charge in [-0.2, -0.15) is 0 Å². The van der Waals surface area contributed by atoms with Crippen LogP contribution in [0.15, 0.2) is 24.3 Å². The molecule has 0 atom stereocenters. The molecule has 0 aromatic heterocycles. The maximum Gasteiger partial charge on any atom is 0.310 e. The van der Waals surface area contributed by atoms with Gasteiger partial charge in [0.25, 0.3) is 0 Å². The molecule has 2 rings (SSSR count). The van der Waals surface area contributed by atoms with E-state index in [9.17, 15) is 4.79 Å². The minimum Gasteiger partial charge on any atom is -0.497 e. The molecule has 1 aliphatic carbocycles. The Morgan fingerprint density at radius 3 is 2.89 bits per heavy atom. The standard InChI is InChI=1S/C14H19NO3/c1-18-12-4-2-3-11(9-12)5-8-15-10-14(6-7-14)13(16)17/h2-4,9,15H,5-8,10H2,1H3,(H,16,17). The summed E-state index contributed by atoms with van der Waals surface area (Å²) in [5.74, 6) is 0.188. The molecule has 0 spiro atoms. The Morgan fingerprint density at radius 1 is 1.50 bits per heavy atom. The summed E-state index contributed by atoms with van der Waals surface area (Å²) in [5, 5.41) is 12.3. The molecule has 1 aliphatic rings. The number of methoxy groups -OCH3 is 1. The lowest BCUT2D eigenvalue weighted by molar-refractivity contribution is -0.143. The molecular formula is C14H19NO3. The van der Waals surface area contributed by atoms with E-state index in [0.29, 0.717) is 6.54 Å². The van der Waals surface area contributed by atoms with Gasteiger partial charge in [-0.1, -0.05) is 12.1 Å². The number of rotatable bonds is 7. The zero-order valence-corrected chi connectivity index (χ0v) is 10.6. The van der Waals surface area contributed by atoms with E-state index < -0.39 is 11.4 Å². The lowest BCUT2D eigenvalue weighted by Gasteiger charge is -2.11. The monoisotopic (exact) mass is 249 g/mol. The highest BCUT2D eigenvalue weighted by molar-refractivity contribution is 5.78. The zero-order valence-electron chi connectivity index (χ0n) is 10.6.